The second-order valence-corrected chi connectivity index (χ2v) is 10.1. The summed E-state index contributed by atoms with van der Waals surface area (Å²) in [5, 5.41) is 9.91. The van der Waals surface area contributed by atoms with Gasteiger partial charge in [0.15, 0.2) is 5.78 Å². The Labute approximate surface area is 167 Å². The summed E-state index contributed by atoms with van der Waals surface area (Å²) in [4.78, 5) is 26.5. The van der Waals surface area contributed by atoms with Gasteiger partial charge in [-0.3, -0.25) is 4.79 Å². The zero-order valence-electron chi connectivity index (χ0n) is 15.2. The van der Waals surface area contributed by atoms with E-state index >= 15 is 0 Å². The molecular formula is C22H22BrNO3. The molecule has 0 aliphatic heterocycles. The van der Waals surface area contributed by atoms with Crippen LogP contribution in [0.25, 0.3) is 0 Å². The van der Waals surface area contributed by atoms with E-state index in [4.69, 9.17) is 4.74 Å². The monoisotopic (exact) mass is 427 g/mol. The molecule has 5 aliphatic rings. The van der Waals surface area contributed by atoms with Crippen molar-refractivity contribution in [2.45, 2.75) is 57.0 Å². The van der Waals surface area contributed by atoms with E-state index in [0.717, 1.165) is 29.3 Å². The fourth-order valence-corrected chi connectivity index (χ4v) is 6.79. The van der Waals surface area contributed by atoms with Crippen molar-refractivity contribution in [1.82, 2.24) is 0 Å². The molecule has 0 unspecified atom stereocenters. The first-order chi connectivity index (χ1) is 12.9. The molecule has 5 heteroatoms. The maximum Gasteiger partial charge on any atom is 0.335 e. The van der Waals surface area contributed by atoms with E-state index in [1.165, 1.54) is 19.3 Å². The zero-order valence-corrected chi connectivity index (χ0v) is 16.8. The Hall–Kier alpha value is -1.67. The second-order valence-electron chi connectivity index (χ2n) is 9.14. The molecule has 0 N–H and O–H groups in total. The number of ketones is 1. The van der Waals surface area contributed by atoms with Crippen molar-refractivity contribution in [1.29, 1.82) is 5.26 Å². The SMILES string of the molecule is N#C[C@]1(C(=O)OC23CC4CC(CC(C4)C2)C3)CCc2ccc(Br)cc2C1=O. The minimum Gasteiger partial charge on any atom is -0.458 e. The molecule has 0 spiro atoms. The molecular weight excluding hydrogens is 406 g/mol. The summed E-state index contributed by atoms with van der Waals surface area (Å²) in [6.07, 6.45) is 7.22. The van der Waals surface area contributed by atoms with Crippen LogP contribution in [0.2, 0.25) is 0 Å². The highest BCUT2D eigenvalue weighted by Crippen LogP contribution is 2.57. The topological polar surface area (TPSA) is 67.2 Å². The van der Waals surface area contributed by atoms with E-state index in [-0.39, 0.29) is 6.42 Å². The Morgan fingerprint density at radius 2 is 1.78 bits per heavy atom. The average Bonchev–Trinajstić information content (AvgIpc) is 2.61. The molecule has 1 atom stereocenters. The number of carbonyl (C=O) groups excluding carboxylic acids is 2. The Balaban J connectivity index is 1.45. The van der Waals surface area contributed by atoms with Crippen molar-refractivity contribution in [3.63, 3.8) is 0 Å². The minimum atomic E-state index is -1.70. The van der Waals surface area contributed by atoms with E-state index in [2.05, 4.69) is 22.0 Å². The van der Waals surface area contributed by atoms with Crippen LogP contribution in [0.1, 0.15) is 60.9 Å². The molecule has 140 valence electrons. The largest absolute Gasteiger partial charge is 0.458 e. The number of rotatable bonds is 2. The smallest absolute Gasteiger partial charge is 0.335 e. The first-order valence-corrected chi connectivity index (χ1v) is 10.7. The third-order valence-electron chi connectivity index (χ3n) is 7.30. The molecule has 0 aromatic heterocycles. The third-order valence-corrected chi connectivity index (χ3v) is 7.80. The Morgan fingerprint density at radius 1 is 1.15 bits per heavy atom. The first kappa shape index (κ1) is 17.4. The van der Waals surface area contributed by atoms with Crippen LogP contribution in [-0.4, -0.2) is 17.4 Å². The van der Waals surface area contributed by atoms with Crippen molar-refractivity contribution in [3.05, 3.63) is 33.8 Å². The van der Waals surface area contributed by atoms with Crippen molar-refractivity contribution >= 4 is 27.7 Å². The van der Waals surface area contributed by atoms with Gasteiger partial charge in [0.1, 0.15) is 5.60 Å². The summed E-state index contributed by atoms with van der Waals surface area (Å²) in [5.74, 6) is 0.910. The Morgan fingerprint density at radius 3 is 2.37 bits per heavy atom. The van der Waals surface area contributed by atoms with Crippen molar-refractivity contribution in [2.24, 2.45) is 23.2 Å². The number of hydrogen-bond acceptors (Lipinski definition) is 4. The van der Waals surface area contributed by atoms with Crippen molar-refractivity contribution < 1.29 is 14.3 Å². The van der Waals surface area contributed by atoms with Gasteiger partial charge in [-0.15, -0.1) is 0 Å². The number of fused-ring (bicyclic) bond motifs is 1. The fourth-order valence-electron chi connectivity index (χ4n) is 6.43. The van der Waals surface area contributed by atoms with Gasteiger partial charge in [0.25, 0.3) is 0 Å². The first-order valence-electron chi connectivity index (χ1n) is 9.91. The molecule has 4 fully saturated rings. The number of halogens is 1. The lowest BCUT2D eigenvalue weighted by Gasteiger charge is -2.56. The molecule has 27 heavy (non-hydrogen) atoms. The molecule has 0 radical (unpaired) electrons. The number of aryl methyl sites for hydroxylation is 1. The quantitative estimate of drug-likeness (QED) is 0.510. The maximum atomic E-state index is 13.3. The number of carbonyl (C=O) groups is 2. The van der Waals surface area contributed by atoms with Crippen LogP contribution in [0, 0.1) is 34.5 Å². The predicted molar refractivity (Wildman–Crippen MR) is 102 cm³/mol. The summed E-state index contributed by atoms with van der Waals surface area (Å²) in [6.45, 7) is 0. The number of benzene rings is 1. The van der Waals surface area contributed by atoms with Crippen LogP contribution in [0.15, 0.2) is 22.7 Å². The number of nitriles is 1. The molecule has 0 saturated heterocycles. The predicted octanol–water partition coefficient (Wildman–Crippen LogP) is 4.60. The highest BCUT2D eigenvalue weighted by atomic mass is 79.9. The lowest BCUT2D eigenvalue weighted by molar-refractivity contribution is -0.192. The number of esters is 1. The van der Waals surface area contributed by atoms with Gasteiger partial charge in [-0.05, 0) is 86.8 Å². The van der Waals surface area contributed by atoms with Gasteiger partial charge in [-0.2, -0.15) is 5.26 Å². The Kier molecular flexibility index (Phi) is 3.82. The summed E-state index contributed by atoms with van der Waals surface area (Å²) >= 11 is 3.39. The van der Waals surface area contributed by atoms with E-state index in [1.807, 2.05) is 12.1 Å². The van der Waals surface area contributed by atoms with Gasteiger partial charge >= 0.3 is 5.97 Å². The molecule has 5 aliphatic carbocycles. The van der Waals surface area contributed by atoms with Gasteiger partial charge in [-0.1, -0.05) is 22.0 Å². The van der Waals surface area contributed by atoms with Gasteiger partial charge < -0.3 is 4.74 Å². The van der Waals surface area contributed by atoms with E-state index in [9.17, 15) is 14.9 Å². The molecule has 0 amide bonds. The number of nitrogens with zero attached hydrogens (tertiary/aromatic N) is 1. The van der Waals surface area contributed by atoms with Crippen LogP contribution >= 0.6 is 15.9 Å². The van der Waals surface area contributed by atoms with Crippen LogP contribution in [0.4, 0.5) is 0 Å². The van der Waals surface area contributed by atoms with Crippen LogP contribution in [-0.2, 0) is 16.0 Å². The highest BCUT2D eigenvalue weighted by molar-refractivity contribution is 9.10. The van der Waals surface area contributed by atoms with Gasteiger partial charge in [-0.25, -0.2) is 4.79 Å². The molecule has 4 bridgehead atoms. The highest BCUT2D eigenvalue weighted by Gasteiger charge is 2.57. The fraction of sp³-hybridized carbons (Fsp3) is 0.591. The lowest BCUT2D eigenvalue weighted by Crippen LogP contribution is -2.55. The molecule has 1 aromatic rings. The normalized spacial score (nSPS) is 39.0. The summed E-state index contributed by atoms with van der Waals surface area (Å²) in [7, 11) is 0. The van der Waals surface area contributed by atoms with E-state index in [0.29, 0.717) is 29.7 Å². The molecule has 4 nitrogen and oxygen atoms in total. The molecule has 1 aromatic carbocycles. The lowest BCUT2D eigenvalue weighted by atomic mass is 9.54. The van der Waals surface area contributed by atoms with E-state index < -0.39 is 22.8 Å². The van der Waals surface area contributed by atoms with Crippen molar-refractivity contribution in [2.75, 3.05) is 0 Å². The molecule has 6 rings (SSSR count). The van der Waals surface area contributed by atoms with E-state index in [1.54, 1.807) is 6.07 Å². The van der Waals surface area contributed by atoms with Gasteiger partial charge in [0.05, 0.1) is 6.07 Å². The summed E-state index contributed by atoms with van der Waals surface area (Å²) < 4.78 is 6.88. The summed E-state index contributed by atoms with van der Waals surface area (Å²) in [5.41, 5.74) is -0.763. The van der Waals surface area contributed by atoms with Crippen LogP contribution in [0.5, 0.6) is 0 Å². The van der Waals surface area contributed by atoms with Crippen LogP contribution in [0.3, 0.4) is 0 Å². The standard InChI is InChI=1S/C22H22BrNO3/c23-17-2-1-16-3-4-22(12-24,19(25)18(16)8-17)20(26)27-21-9-13-5-14(10-21)7-15(6-13)11-21/h1-2,8,13-15H,3-7,9-11H2/t13?,14?,15?,21?,22-/m1/s1. The van der Waals surface area contributed by atoms with Gasteiger partial charge in [0.2, 0.25) is 5.41 Å². The zero-order chi connectivity index (χ0) is 18.8. The average molecular weight is 428 g/mol. The minimum absolute atomic E-state index is 0.210. The number of ether oxygens (including phenoxy) is 1. The molecule has 4 saturated carbocycles. The van der Waals surface area contributed by atoms with Crippen LogP contribution < -0.4 is 0 Å². The summed E-state index contributed by atoms with van der Waals surface area (Å²) in [6, 6.07) is 7.57. The second kappa shape index (κ2) is 5.91. The maximum absolute atomic E-state index is 13.3. The Bertz CT molecular complexity index is 851. The number of hydrogen-bond donors (Lipinski definition) is 0. The van der Waals surface area contributed by atoms with Crippen molar-refractivity contribution in [3.8, 4) is 6.07 Å². The molecule has 0 heterocycles. The van der Waals surface area contributed by atoms with Gasteiger partial charge in [0, 0.05) is 10.0 Å². The third kappa shape index (κ3) is 2.60. The number of Topliss-reactive ketones (excluding diaryl/α,β-unsaturated/α-hetero) is 1.